The number of anilines is 1. The molecule has 42 heavy (non-hydrogen) atoms. The number of benzene rings is 2. The summed E-state index contributed by atoms with van der Waals surface area (Å²) in [5.74, 6) is -1.28. The molecule has 3 aromatic rings. The van der Waals surface area contributed by atoms with Gasteiger partial charge >= 0.3 is 5.97 Å². The molecule has 0 radical (unpaired) electrons. The second kappa shape index (κ2) is 13.4. The molecule has 0 bridgehead atoms. The highest BCUT2D eigenvalue weighted by Gasteiger charge is 2.31. The summed E-state index contributed by atoms with van der Waals surface area (Å²) in [5, 5.41) is 3.67. The number of esters is 1. The average molecular weight is 598 g/mol. The number of hydrogen-bond donors (Lipinski definition) is 1. The average Bonchev–Trinajstić information content (AvgIpc) is 3.57. The van der Waals surface area contributed by atoms with Crippen molar-refractivity contribution in [3.05, 3.63) is 64.6 Å². The Morgan fingerprint density at radius 3 is 2.62 bits per heavy atom. The van der Waals surface area contributed by atoms with E-state index in [4.69, 9.17) is 21.1 Å². The highest BCUT2D eigenvalue weighted by molar-refractivity contribution is 6.34. The van der Waals surface area contributed by atoms with Crippen molar-refractivity contribution in [1.29, 1.82) is 0 Å². The maximum Gasteiger partial charge on any atom is 0.308 e. The third-order valence-electron chi connectivity index (χ3n) is 8.53. The molecule has 1 atom stereocenters. The second-order valence-corrected chi connectivity index (χ2v) is 11.8. The van der Waals surface area contributed by atoms with Crippen LogP contribution in [0.3, 0.4) is 0 Å². The number of Topliss-reactive ketones (excluding diaryl/α,β-unsaturated/α-hetero) is 1. The van der Waals surface area contributed by atoms with Gasteiger partial charge in [-0.15, -0.1) is 0 Å². The molecule has 1 saturated carbocycles. The number of aromatic nitrogens is 1. The van der Waals surface area contributed by atoms with E-state index in [0.29, 0.717) is 12.2 Å². The van der Waals surface area contributed by atoms with Gasteiger partial charge in [-0.25, -0.2) is 4.39 Å². The molecule has 8 nitrogen and oxygen atoms in total. The Morgan fingerprint density at radius 2 is 1.86 bits per heavy atom. The van der Waals surface area contributed by atoms with E-state index < -0.39 is 11.7 Å². The van der Waals surface area contributed by atoms with Gasteiger partial charge < -0.3 is 19.4 Å². The maximum atomic E-state index is 15.1. The van der Waals surface area contributed by atoms with Crippen molar-refractivity contribution in [2.45, 2.75) is 57.1 Å². The Balaban J connectivity index is 1.14. The number of halogens is 2. The molecule has 2 heterocycles. The van der Waals surface area contributed by atoms with E-state index in [9.17, 15) is 14.4 Å². The molecule has 2 fully saturated rings. The highest BCUT2D eigenvalue weighted by Crippen LogP contribution is 2.30. The molecule has 2 aliphatic rings. The number of hydrogen-bond acceptors (Lipinski definition) is 6. The molecule has 1 N–H and O–H groups in total. The van der Waals surface area contributed by atoms with E-state index in [-0.39, 0.29) is 59.1 Å². The number of carbonyl (C=O) groups excluding carboxylic acids is 3. The Hall–Kier alpha value is -3.27. The molecular formula is C32H37ClFN3O5. The first-order valence-electron chi connectivity index (χ1n) is 14.5. The first kappa shape index (κ1) is 30.2. The summed E-state index contributed by atoms with van der Waals surface area (Å²) in [6.45, 7) is 1.53. The number of para-hydroxylation sites is 1. The first-order valence-corrected chi connectivity index (χ1v) is 14.9. The predicted octanol–water partition coefficient (Wildman–Crippen LogP) is 5.55. The number of nitrogens with zero attached hydrogens (tertiary/aromatic N) is 2. The molecule has 0 spiro atoms. The van der Waals surface area contributed by atoms with E-state index >= 15 is 4.39 Å². The van der Waals surface area contributed by atoms with Crippen LogP contribution >= 0.6 is 11.6 Å². The van der Waals surface area contributed by atoms with Crippen molar-refractivity contribution in [3.8, 4) is 0 Å². The second-order valence-electron chi connectivity index (χ2n) is 11.4. The third-order valence-corrected chi connectivity index (χ3v) is 8.84. The van der Waals surface area contributed by atoms with E-state index in [1.54, 1.807) is 6.20 Å². The van der Waals surface area contributed by atoms with Crippen molar-refractivity contribution in [2.24, 2.45) is 13.0 Å². The minimum atomic E-state index is -0.593. The zero-order chi connectivity index (χ0) is 29.8. The third kappa shape index (κ3) is 6.85. The SMILES string of the molecule is COC(=O)[C@H]1CC[C@H](OC[C@@H]2CCCN2CC(=O)Cc2cc(Cl)c(NC(=O)c3cn(C)c4ccccc34)cc2F)CC1. The van der Waals surface area contributed by atoms with Crippen LogP contribution < -0.4 is 5.32 Å². The van der Waals surface area contributed by atoms with Gasteiger partial charge in [0.05, 0.1) is 48.6 Å². The van der Waals surface area contributed by atoms with Crippen LogP contribution in [-0.4, -0.2) is 66.1 Å². The van der Waals surface area contributed by atoms with Gasteiger partial charge in [0, 0.05) is 36.6 Å². The topological polar surface area (TPSA) is 89.9 Å². The van der Waals surface area contributed by atoms with Crippen LogP contribution in [0, 0.1) is 11.7 Å². The number of amides is 1. The molecular weight excluding hydrogens is 561 g/mol. The number of nitrogens with one attached hydrogen (secondary N) is 1. The van der Waals surface area contributed by atoms with E-state index in [1.165, 1.54) is 19.2 Å². The van der Waals surface area contributed by atoms with Gasteiger partial charge in [-0.2, -0.15) is 0 Å². The number of carbonyl (C=O) groups is 3. The molecule has 1 aromatic heterocycles. The lowest BCUT2D eigenvalue weighted by Crippen LogP contribution is -2.39. The van der Waals surface area contributed by atoms with Crippen LogP contribution in [-0.2, 0) is 32.5 Å². The zero-order valence-corrected chi connectivity index (χ0v) is 24.8. The molecule has 1 amide bonds. The van der Waals surface area contributed by atoms with Gasteiger partial charge in [0.2, 0.25) is 0 Å². The van der Waals surface area contributed by atoms with Crippen molar-refractivity contribution >= 4 is 45.9 Å². The molecule has 0 unspecified atom stereocenters. The number of fused-ring (bicyclic) bond motifs is 1. The minimum absolute atomic E-state index is 0.0427. The van der Waals surface area contributed by atoms with Crippen LogP contribution in [0.4, 0.5) is 10.1 Å². The monoisotopic (exact) mass is 597 g/mol. The summed E-state index contributed by atoms with van der Waals surface area (Å²) in [5.41, 5.74) is 1.72. The predicted molar refractivity (Wildman–Crippen MR) is 159 cm³/mol. The fourth-order valence-electron chi connectivity index (χ4n) is 6.20. The van der Waals surface area contributed by atoms with Crippen molar-refractivity contribution < 1.29 is 28.2 Å². The van der Waals surface area contributed by atoms with Crippen molar-refractivity contribution in [2.75, 3.05) is 32.1 Å². The van der Waals surface area contributed by atoms with Gasteiger partial charge in [0.25, 0.3) is 5.91 Å². The number of likely N-dealkylation sites (tertiary alicyclic amines) is 1. The molecule has 1 aliphatic carbocycles. The normalized spacial score (nSPS) is 21.0. The Bertz CT molecular complexity index is 1470. The van der Waals surface area contributed by atoms with Crippen LogP contribution in [0.2, 0.25) is 5.02 Å². The Kier molecular flexibility index (Phi) is 9.60. The molecule has 224 valence electrons. The summed E-state index contributed by atoms with van der Waals surface area (Å²) in [6, 6.07) is 10.3. The van der Waals surface area contributed by atoms with E-state index in [0.717, 1.165) is 56.0 Å². The lowest BCUT2D eigenvalue weighted by molar-refractivity contribution is -0.147. The first-order chi connectivity index (χ1) is 20.2. The number of ether oxygens (including phenoxy) is 2. The summed E-state index contributed by atoms with van der Waals surface area (Å²) in [6.07, 6.45) is 6.84. The lowest BCUT2D eigenvalue weighted by atomic mass is 9.87. The van der Waals surface area contributed by atoms with Gasteiger partial charge in [-0.3, -0.25) is 19.3 Å². The zero-order valence-electron chi connectivity index (χ0n) is 24.0. The summed E-state index contributed by atoms with van der Waals surface area (Å²) >= 11 is 6.43. The maximum absolute atomic E-state index is 15.1. The Labute approximate surface area is 250 Å². The van der Waals surface area contributed by atoms with Gasteiger partial charge in [-0.05, 0) is 68.8 Å². The summed E-state index contributed by atoms with van der Waals surface area (Å²) in [4.78, 5) is 39.9. The van der Waals surface area contributed by atoms with E-state index in [1.807, 2.05) is 35.9 Å². The van der Waals surface area contributed by atoms with Crippen molar-refractivity contribution in [3.63, 3.8) is 0 Å². The summed E-state index contributed by atoms with van der Waals surface area (Å²) < 4.78 is 28.0. The number of aryl methyl sites for hydroxylation is 1. The fraction of sp³-hybridized carbons (Fsp3) is 0.469. The number of ketones is 1. The summed E-state index contributed by atoms with van der Waals surface area (Å²) in [7, 11) is 3.28. The van der Waals surface area contributed by atoms with Crippen molar-refractivity contribution in [1.82, 2.24) is 9.47 Å². The molecule has 1 aliphatic heterocycles. The molecule has 1 saturated heterocycles. The van der Waals surface area contributed by atoms with Gasteiger partial charge in [0.15, 0.2) is 5.78 Å². The van der Waals surface area contributed by atoms with E-state index in [2.05, 4.69) is 10.2 Å². The smallest absolute Gasteiger partial charge is 0.308 e. The molecule has 2 aromatic carbocycles. The van der Waals surface area contributed by atoms with Crippen LogP contribution in [0.15, 0.2) is 42.6 Å². The highest BCUT2D eigenvalue weighted by atomic mass is 35.5. The van der Waals surface area contributed by atoms with Crippen LogP contribution in [0.5, 0.6) is 0 Å². The fourth-order valence-corrected chi connectivity index (χ4v) is 6.43. The minimum Gasteiger partial charge on any atom is -0.469 e. The number of methoxy groups -OCH3 is 1. The lowest BCUT2D eigenvalue weighted by Gasteiger charge is -2.30. The van der Waals surface area contributed by atoms with Crippen LogP contribution in [0.25, 0.3) is 10.9 Å². The quantitative estimate of drug-likeness (QED) is 0.308. The number of rotatable bonds is 10. The Morgan fingerprint density at radius 1 is 1.10 bits per heavy atom. The molecule has 5 rings (SSSR count). The standard InChI is InChI=1S/C32H37ClFN3O5/c1-36-18-26(25-7-3-4-8-30(25)36)31(39)35-29-16-28(34)21(15-27(29)33)14-23(38)17-37-13-5-6-22(37)19-42-24-11-9-20(10-12-24)32(40)41-2/h3-4,7-8,15-16,18,20,22,24H,5-6,9-14,17,19H2,1-2H3,(H,35,39)/t20-,22-,24-/m0/s1. The van der Waals surface area contributed by atoms with Crippen LogP contribution in [0.1, 0.15) is 54.4 Å². The largest absolute Gasteiger partial charge is 0.469 e. The van der Waals surface area contributed by atoms with Gasteiger partial charge in [-0.1, -0.05) is 29.8 Å². The molecule has 10 heteroatoms. The van der Waals surface area contributed by atoms with Gasteiger partial charge in [0.1, 0.15) is 5.82 Å².